The monoisotopic (exact) mass is 218 g/mol. The number of pyridine rings is 1. The van der Waals surface area contributed by atoms with E-state index in [-0.39, 0.29) is 0 Å². The molecule has 1 aromatic heterocycles. The maximum atomic E-state index is 5.55. The fourth-order valence-corrected chi connectivity index (χ4v) is 1.93. The van der Waals surface area contributed by atoms with Gasteiger partial charge in [0, 0.05) is 37.6 Å². The molecule has 0 saturated carbocycles. The third kappa shape index (κ3) is 2.58. The molecule has 86 valence electrons. The van der Waals surface area contributed by atoms with Crippen LogP contribution < -0.4 is 5.73 Å². The molecule has 0 aliphatic carbocycles. The molecule has 0 bridgehead atoms. The second kappa shape index (κ2) is 5.61. The van der Waals surface area contributed by atoms with Gasteiger partial charge in [0.25, 0.3) is 0 Å². The van der Waals surface area contributed by atoms with Crippen molar-refractivity contribution in [1.82, 2.24) is 9.88 Å². The summed E-state index contributed by atoms with van der Waals surface area (Å²) >= 11 is 0. The summed E-state index contributed by atoms with van der Waals surface area (Å²) in [7, 11) is 0. The standard InChI is InChI=1S/C12H18N4/c13-5-1-9-16-10-2-6-15-12(16)11-3-7-14-8-4-11/h3-4,7-8H,1-2,5-6,9-10,13H2. The van der Waals surface area contributed by atoms with Gasteiger partial charge in [-0.25, -0.2) is 0 Å². The molecule has 2 heterocycles. The van der Waals surface area contributed by atoms with E-state index >= 15 is 0 Å². The van der Waals surface area contributed by atoms with Gasteiger partial charge < -0.3 is 10.6 Å². The maximum Gasteiger partial charge on any atom is 0.131 e. The Morgan fingerprint density at radius 1 is 1.31 bits per heavy atom. The summed E-state index contributed by atoms with van der Waals surface area (Å²) in [6, 6.07) is 4.03. The number of aromatic nitrogens is 1. The lowest BCUT2D eigenvalue weighted by Gasteiger charge is -2.29. The minimum absolute atomic E-state index is 0.736. The van der Waals surface area contributed by atoms with Crippen LogP contribution in [-0.2, 0) is 0 Å². The molecule has 0 saturated heterocycles. The fourth-order valence-electron chi connectivity index (χ4n) is 1.93. The normalized spacial score (nSPS) is 16.1. The molecule has 0 aromatic carbocycles. The van der Waals surface area contributed by atoms with Crippen molar-refractivity contribution in [2.24, 2.45) is 10.7 Å². The van der Waals surface area contributed by atoms with Gasteiger partial charge in [-0.2, -0.15) is 0 Å². The summed E-state index contributed by atoms with van der Waals surface area (Å²) in [5.74, 6) is 1.10. The van der Waals surface area contributed by atoms with E-state index in [1.165, 1.54) is 0 Å². The quantitative estimate of drug-likeness (QED) is 0.816. The average molecular weight is 218 g/mol. The largest absolute Gasteiger partial charge is 0.356 e. The highest BCUT2D eigenvalue weighted by Gasteiger charge is 2.15. The van der Waals surface area contributed by atoms with E-state index in [1.54, 1.807) is 0 Å². The number of nitrogens with two attached hydrogens (primary N) is 1. The molecule has 1 aromatic rings. The lowest BCUT2D eigenvalue weighted by Crippen LogP contribution is -2.37. The van der Waals surface area contributed by atoms with Gasteiger partial charge in [-0.1, -0.05) is 0 Å². The molecule has 0 amide bonds. The minimum Gasteiger partial charge on any atom is -0.356 e. The lowest BCUT2D eigenvalue weighted by molar-refractivity contribution is 0.390. The van der Waals surface area contributed by atoms with Crippen LogP contribution in [0.15, 0.2) is 29.5 Å². The predicted octanol–water partition coefficient (Wildman–Crippen LogP) is 0.883. The molecule has 1 aliphatic rings. The van der Waals surface area contributed by atoms with Crippen molar-refractivity contribution >= 4 is 5.84 Å². The second-order valence-electron chi connectivity index (χ2n) is 3.92. The Balaban J connectivity index is 2.13. The van der Waals surface area contributed by atoms with E-state index in [1.807, 2.05) is 24.5 Å². The number of hydrogen-bond acceptors (Lipinski definition) is 4. The van der Waals surface area contributed by atoms with Gasteiger partial charge in [0.1, 0.15) is 5.84 Å². The molecular weight excluding hydrogens is 200 g/mol. The zero-order valence-electron chi connectivity index (χ0n) is 9.47. The highest BCUT2D eigenvalue weighted by Crippen LogP contribution is 2.11. The molecule has 0 radical (unpaired) electrons. The molecule has 2 N–H and O–H groups in total. The van der Waals surface area contributed by atoms with Gasteiger partial charge in [-0.15, -0.1) is 0 Å². The van der Waals surface area contributed by atoms with Gasteiger partial charge in [0.2, 0.25) is 0 Å². The highest BCUT2D eigenvalue weighted by molar-refractivity contribution is 5.98. The molecule has 0 fully saturated rings. The van der Waals surface area contributed by atoms with Crippen molar-refractivity contribution in [3.05, 3.63) is 30.1 Å². The van der Waals surface area contributed by atoms with Crippen LogP contribution in [0, 0.1) is 0 Å². The summed E-state index contributed by atoms with van der Waals surface area (Å²) in [5.41, 5.74) is 6.71. The Hall–Kier alpha value is -1.42. The third-order valence-corrected chi connectivity index (χ3v) is 2.72. The Morgan fingerprint density at radius 2 is 2.12 bits per heavy atom. The van der Waals surface area contributed by atoms with Crippen molar-refractivity contribution in [2.45, 2.75) is 12.8 Å². The van der Waals surface area contributed by atoms with Crippen LogP contribution in [-0.4, -0.2) is 41.9 Å². The fraction of sp³-hybridized carbons (Fsp3) is 0.500. The van der Waals surface area contributed by atoms with E-state index in [4.69, 9.17) is 5.73 Å². The first-order valence-corrected chi connectivity index (χ1v) is 5.81. The number of nitrogens with zero attached hydrogens (tertiary/aromatic N) is 3. The van der Waals surface area contributed by atoms with Gasteiger partial charge in [0.05, 0.1) is 0 Å². The molecule has 4 nitrogen and oxygen atoms in total. The van der Waals surface area contributed by atoms with Gasteiger partial charge in [0.15, 0.2) is 0 Å². The Labute approximate surface area is 96.2 Å². The summed E-state index contributed by atoms with van der Waals surface area (Å²) in [6.07, 6.45) is 5.78. The molecular formula is C12H18N4. The number of hydrogen-bond donors (Lipinski definition) is 1. The van der Waals surface area contributed by atoms with E-state index in [9.17, 15) is 0 Å². The first kappa shape index (κ1) is 11.1. The molecule has 0 spiro atoms. The Bertz CT molecular complexity index is 347. The van der Waals surface area contributed by atoms with E-state index in [0.717, 1.165) is 50.4 Å². The van der Waals surface area contributed by atoms with E-state index in [0.29, 0.717) is 0 Å². The van der Waals surface area contributed by atoms with Gasteiger partial charge >= 0.3 is 0 Å². The SMILES string of the molecule is NCCCN1CCCN=C1c1ccncc1. The Kier molecular flexibility index (Phi) is 3.88. The first-order chi connectivity index (χ1) is 7.92. The molecule has 16 heavy (non-hydrogen) atoms. The summed E-state index contributed by atoms with van der Waals surface area (Å²) in [6.45, 7) is 3.75. The van der Waals surface area contributed by atoms with Crippen molar-refractivity contribution in [3.8, 4) is 0 Å². The molecule has 0 atom stereocenters. The molecule has 1 aliphatic heterocycles. The van der Waals surface area contributed by atoms with Crippen molar-refractivity contribution in [2.75, 3.05) is 26.2 Å². The van der Waals surface area contributed by atoms with Crippen LogP contribution in [0.25, 0.3) is 0 Å². The first-order valence-electron chi connectivity index (χ1n) is 5.81. The highest BCUT2D eigenvalue weighted by atomic mass is 15.2. The average Bonchev–Trinajstić information content (AvgIpc) is 2.38. The predicted molar refractivity (Wildman–Crippen MR) is 65.5 cm³/mol. The van der Waals surface area contributed by atoms with Crippen LogP contribution in [0.1, 0.15) is 18.4 Å². The zero-order valence-corrected chi connectivity index (χ0v) is 9.47. The van der Waals surface area contributed by atoms with Crippen LogP contribution in [0.3, 0.4) is 0 Å². The van der Waals surface area contributed by atoms with Crippen LogP contribution in [0.2, 0.25) is 0 Å². The topological polar surface area (TPSA) is 54.5 Å². The zero-order chi connectivity index (χ0) is 11.2. The van der Waals surface area contributed by atoms with Crippen LogP contribution in [0.4, 0.5) is 0 Å². The number of aliphatic imine (C=N–C) groups is 1. The minimum atomic E-state index is 0.736. The maximum absolute atomic E-state index is 5.55. The smallest absolute Gasteiger partial charge is 0.131 e. The number of rotatable bonds is 4. The Morgan fingerprint density at radius 3 is 2.88 bits per heavy atom. The molecule has 0 unspecified atom stereocenters. The van der Waals surface area contributed by atoms with E-state index in [2.05, 4.69) is 14.9 Å². The van der Waals surface area contributed by atoms with Crippen LogP contribution in [0.5, 0.6) is 0 Å². The third-order valence-electron chi connectivity index (χ3n) is 2.72. The summed E-state index contributed by atoms with van der Waals surface area (Å²) in [4.78, 5) is 11.0. The van der Waals surface area contributed by atoms with Crippen LogP contribution >= 0.6 is 0 Å². The second-order valence-corrected chi connectivity index (χ2v) is 3.92. The summed E-state index contributed by atoms with van der Waals surface area (Å²) < 4.78 is 0. The lowest BCUT2D eigenvalue weighted by atomic mass is 10.2. The van der Waals surface area contributed by atoms with Gasteiger partial charge in [-0.3, -0.25) is 9.98 Å². The van der Waals surface area contributed by atoms with Crippen molar-refractivity contribution in [3.63, 3.8) is 0 Å². The molecule has 2 rings (SSSR count). The van der Waals surface area contributed by atoms with Gasteiger partial charge in [-0.05, 0) is 31.5 Å². The van der Waals surface area contributed by atoms with Crippen molar-refractivity contribution < 1.29 is 0 Å². The number of amidine groups is 1. The molecule has 4 heteroatoms. The summed E-state index contributed by atoms with van der Waals surface area (Å²) in [5, 5.41) is 0. The van der Waals surface area contributed by atoms with E-state index < -0.39 is 0 Å². The van der Waals surface area contributed by atoms with Crippen molar-refractivity contribution in [1.29, 1.82) is 0 Å².